The van der Waals surface area contributed by atoms with E-state index < -0.39 is 11.7 Å². The van der Waals surface area contributed by atoms with E-state index >= 15 is 0 Å². The highest BCUT2D eigenvalue weighted by Crippen LogP contribution is 2.46. The van der Waals surface area contributed by atoms with Crippen molar-refractivity contribution in [3.63, 3.8) is 0 Å². The molecule has 0 amide bonds. The Labute approximate surface area is 149 Å². The molecule has 0 unspecified atom stereocenters. The van der Waals surface area contributed by atoms with Gasteiger partial charge in [0.05, 0.1) is 31.3 Å². The minimum absolute atomic E-state index is 0.239. The van der Waals surface area contributed by atoms with Crippen LogP contribution in [-0.2, 0) is 0 Å². The number of rotatable bonds is 2. The van der Waals surface area contributed by atoms with Crippen LogP contribution < -0.4 is 19.6 Å². The molecule has 6 nitrogen and oxygen atoms in total. The summed E-state index contributed by atoms with van der Waals surface area (Å²) in [5.41, 5.74) is 0.283. The van der Waals surface area contributed by atoms with Crippen LogP contribution in [0.2, 0.25) is 0 Å². The van der Waals surface area contributed by atoms with E-state index in [0.717, 1.165) is 0 Å². The third-order valence-corrected chi connectivity index (χ3v) is 4.74. The summed E-state index contributed by atoms with van der Waals surface area (Å²) in [7, 11) is 3.00. The summed E-state index contributed by atoms with van der Waals surface area (Å²) in [6, 6.07) is 6.78. The average molecular weight is 356 g/mol. The first kappa shape index (κ1) is 16.7. The highest BCUT2D eigenvalue weighted by Gasteiger charge is 2.36. The van der Waals surface area contributed by atoms with Gasteiger partial charge >= 0.3 is 0 Å². The van der Waals surface area contributed by atoms with E-state index in [4.69, 9.17) is 18.6 Å². The Morgan fingerprint density at radius 2 is 1.88 bits per heavy atom. The molecule has 3 aromatic rings. The zero-order chi connectivity index (χ0) is 18.6. The third-order valence-electron chi connectivity index (χ3n) is 4.74. The van der Waals surface area contributed by atoms with E-state index in [9.17, 15) is 9.90 Å². The normalized spacial score (nSPS) is 18.4. The second-order valence-corrected chi connectivity index (χ2v) is 7.04. The number of methoxy groups -OCH3 is 2. The van der Waals surface area contributed by atoms with Crippen molar-refractivity contribution < 1.29 is 23.7 Å². The van der Waals surface area contributed by atoms with Crippen molar-refractivity contribution in [3.05, 3.63) is 40.1 Å². The Kier molecular flexibility index (Phi) is 3.63. The van der Waals surface area contributed by atoms with Crippen LogP contribution in [0.15, 0.2) is 33.5 Å². The molecule has 6 heteroatoms. The molecular formula is C20H20O6. The van der Waals surface area contributed by atoms with Gasteiger partial charge in [-0.3, -0.25) is 4.79 Å². The van der Waals surface area contributed by atoms with E-state index in [0.29, 0.717) is 40.2 Å². The number of ether oxygens (including phenoxy) is 3. The molecule has 1 aromatic heterocycles. The number of aliphatic hydroxyl groups is 1. The largest absolute Gasteiger partial charge is 0.496 e. The quantitative estimate of drug-likeness (QED) is 0.708. The first-order valence-electron chi connectivity index (χ1n) is 8.38. The van der Waals surface area contributed by atoms with Crippen LogP contribution in [-0.4, -0.2) is 24.9 Å². The second kappa shape index (κ2) is 5.64. The predicted octanol–water partition coefficient (Wildman–Crippen LogP) is 3.56. The van der Waals surface area contributed by atoms with Gasteiger partial charge in [0.25, 0.3) is 0 Å². The molecule has 0 saturated heterocycles. The van der Waals surface area contributed by atoms with Crippen molar-refractivity contribution in [2.24, 2.45) is 0 Å². The van der Waals surface area contributed by atoms with Gasteiger partial charge in [-0.1, -0.05) is 6.07 Å². The molecule has 4 rings (SSSR count). The second-order valence-electron chi connectivity index (χ2n) is 7.04. The summed E-state index contributed by atoms with van der Waals surface area (Å²) in [4.78, 5) is 13.1. The van der Waals surface area contributed by atoms with E-state index in [2.05, 4.69) is 0 Å². The van der Waals surface area contributed by atoms with Crippen LogP contribution in [0, 0.1) is 0 Å². The summed E-state index contributed by atoms with van der Waals surface area (Å²) in [6.45, 7) is 3.80. The molecular weight excluding hydrogens is 336 g/mol. The zero-order valence-electron chi connectivity index (χ0n) is 15.1. The number of hydrogen-bond donors (Lipinski definition) is 1. The van der Waals surface area contributed by atoms with Gasteiger partial charge in [0, 0.05) is 12.5 Å². The molecule has 0 fully saturated rings. The highest BCUT2D eigenvalue weighted by atomic mass is 16.5. The topological polar surface area (TPSA) is 78.1 Å². The third kappa shape index (κ3) is 2.33. The molecule has 1 atom stereocenters. The van der Waals surface area contributed by atoms with Gasteiger partial charge in [0.2, 0.25) is 5.43 Å². The lowest BCUT2D eigenvalue weighted by molar-refractivity contribution is 0.0119. The Morgan fingerprint density at radius 3 is 2.58 bits per heavy atom. The van der Waals surface area contributed by atoms with Gasteiger partial charge in [-0.2, -0.15) is 0 Å². The molecule has 1 aliphatic heterocycles. The lowest BCUT2D eigenvalue weighted by Crippen LogP contribution is -2.35. The van der Waals surface area contributed by atoms with Gasteiger partial charge < -0.3 is 23.7 Å². The smallest absolute Gasteiger partial charge is 0.204 e. The van der Waals surface area contributed by atoms with Gasteiger partial charge in [0.15, 0.2) is 16.9 Å². The molecule has 0 aliphatic carbocycles. The lowest BCUT2D eigenvalue weighted by Gasteiger charge is -2.35. The van der Waals surface area contributed by atoms with Crippen molar-refractivity contribution in [3.8, 4) is 17.2 Å². The molecule has 1 N–H and O–H groups in total. The molecule has 136 valence electrons. The molecule has 0 radical (unpaired) electrons. The molecule has 0 saturated carbocycles. The Balaban J connectivity index is 2.20. The first-order valence-corrected chi connectivity index (χ1v) is 8.38. The summed E-state index contributed by atoms with van der Waals surface area (Å²) >= 11 is 0. The predicted molar refractivity (Wildman–Crippen MR) is 97.4 cm³/mol. The zero-order valence-corrected chi connectivity index (χ0v) is 15.1. The number of para-hydroxylation sites is 1. The summed E-state index contributed by atoms with van der Waals surface area (Å²) in [6.07, 6.45) is -0.438. The Bertz CT molecular complexity index is 1080. The van der Waals surface area contributed by atoms with Gasteiger partial charge in [-0.25, -0.2) is 0 Å². The van der Waals surface area contributed by atoms with Crippen LogP contribution in [0.4, 0.5) is 0 Å². The molecule has 0 bridgehead atoms. The van der Waals surface area contributed by atoms with Crippen LogP contribution in [0.5, 0.6) is 17.2 Å². The molecule has 26 heavy (non-hydrogen) atoms. The number of fused-ring (bicyclic) bond motifs is 4. The molecule has 1 aliphatic rings. The van der Waals surface area contributed by atoms with E-state index in [1.165, 1.54) is 14.2 Å². The summed E-state index contributed by atoms with van der Waals surface area (Å²) in [5, 5.41) is 11.4. The molecule has 0 spiro atoms. The van der Waals surface area contributed by atoms with Crippen molar-refractivity contribution >= 4 is 21.9 Å². The molecule has 2 heterocycles. The maximum absolute atomic E-state index is 13.1. The van der Waals surface area contributed by atoms with Gasteiger partial charge in [0.1, 0.15) is 22.5 Å². The SMILES string of the molecule is COc1cccc2c(=O)c3c(OC)cc4c(c3oc12)[C@H](O)CC(C)(C)O4. The fourth-order valence-electron chi connectivity index (χ4n) is 3.61. The van der Waals surface area contributed by atoms with E-state index in [1.807, 2.05) is 13.8 Å². The maximum Gasteiger partial charge on any atom is 0.204 e. The summed E-state index contributed by atoms with van der Waals surface area (Å²) < 4.78 is 22.9. The number of aliphatic hydroxyl groups excluding tert-OH is 1. The monoisotopic (exact) mass is 356 g/mol. The van der Waals surface area contributed by atoms with Gasteiger partial charge in [-0.15, -0.1) is 0 Å². The lowest BCUT2D eigenvalue weighted by atomic mass is 9.90. The van der Waals surface area contributed by atoms with Crippen molar-refractivity contribution in [2.45, 2.75) is 32.0 Å². The minimum Gasteiger partial charge on any atom is -0.496 e. The Hall–Kier alpha value is -2.73. The van der Waals surface area contributed by atoms with Crippen LogP contribution in [0.25, 0.3) is 21.9 Å². The standard InChI is InChI=1S/C20H20O6/c1-20(2)9-11(21)15-14(26-20)8-13(24-4)16-17(22)10-6-5-7-12(23-3)18(10)25-19(15)16/h5-8,11,21H,9H2,1-4H3/t11-/m1/s1. The van der Waals surface area contributed by atoms with Crippen LogP contribution in [0.3, 0.4) is 0 Å². The van der Waals surface area contributed by atoms with Crippen molar-refractivity contribution in [1.82, 2.24) is 0 Å². The van der Waals surface area contributed by atoms with E-state index in [1.54, 1.807) is 24.3 Å². The minimum atomic E-state index is -0.822. The fourth-order valence-corrected chi connectivity index (χ4v) is 3.61. The van der Waals surface area contributed by atoms with Crippen molar-refractivity contribution in [1.29, 1.82) is 0 Å². The number of hydrogen-bond acceptors (Lipinski definition) is 6. The highest BCUT2D eigenvalue weighted by molar-refractivity contribution is 5.97. The van der Waals surface area contributed by atoms with Crippen LogP contribution >= 0.6 is 0 Å². The number of benzene rings is 2. The maximum atomic E-state index is 13.1. The fraction of sp³-hybridized carbons (Fsp3) is 0.350. The van der Waals surface area contributed by atoms with Gasteiger partial charge in [-0.05, 0) is 26.0 Å². The van der Waals surface area contributed by atoms with Crippen molar-refractivity contribution in [2.75, 3.05) is 14.2 Å². The molecule has 2 aromatic carbocycles. The first-order chi connectivity index (χ1) is 12.4. The summed E-state index contributed by atoms with van der Waals surface area (Å²) in [5.74, 6) is 1.25. The van der Waals surface area contributed by atoms with E-state index in [-0.39, 0.29) is 16.4 Å². The average Bonchev–Trinajstić information content (AvgIpc) is 2.59. The Morgan fingerprint density at radius 1 is 1.15 bits per heavy atom. The van der Waals surface area contributed by atoms with Crippen LogP contribution in [0.1, 0.15) is 31.9 Å².